The van der Waals surface area contributed by atoms with E-state index in [0.29, 0.717) is 0 Å². The minimum Gasteiger partial charge on any atom is -0.455 e. The highest BCUT2D eigenvalue weighted by Gasteiger charge is 2.29. The van der Waals surface area contributed by atoms with Crippen molar-refractivity contribution in [3.05, 3.63) is 158 Å². The van der Waals surface area contributed by atoms with Crippen molar-refractivity contribution >= 4 is 76.3 Å². The predicted octanol–water partition coefficient (Wildman–Crippen LogP) is 12.6. The largest absolute Gasteiger partial charge is 0.455 e. The van der Waals surface area contributed by atoms with Crippen LogP contribution in [0.4, 0.5) is 0 Å². The molecule has 3 heteroatoms. The fraction of sp³-hybridized carbons (Fsp3) is 0. The maximum Gasteiger partial charge on any atom is 0.147 e. The highest BCUT2D eigenvalue weighted by molar-refractivity contribution is 6.39. The van der Waals surface area contributed by atoms with E-state index in [1.54, 1.807) is 0 Å². The van der Waals surface area contributed by atoms with E-state index in [0.717, 1.165) is 38.5 Å². The quantitative estimate of drug-likeness (QED) is 0.188. The molecule has 0 aliphatic heterocycles. The molecule has 11 aromatic rings. The summed E-state index contributed by atoms with van der Waals surface area (Å²) in [5.74, 6) is 0. The molecule has 3 aromatic heterocycles. The lowest BCUT2D eigenvalue weighted by molar-refractivity contribution is 0.673. The summed E-state index contributed by atoms with van der Waals surface area (Å²) in [6, 6.07) is 57.2. The Morgan fingerprint density at radius 1 is 0.347 bits per heavy atom. The second kappa shape index (κ2) is 9.06. The molecular weight excluding hydrogens is 597 g/mol. The van der Waals surface area contributed by atoms with E-state index < -0.39 is 0 Å². The summed E-state index contributed by atoms with van der Waals surface area (Å²) in [6.07, 6.45) is 0. The molecule has 12 rings (SSSR count). The molecule has 3 heterocycles. The van der Waals surface area contributed by atoms with Crippen molar-refractivity contribution in [1.82, 2.24) is 9.13 Å². The smallest absolute Gasteiger partial charge is 0.147 e. The van der Waals surface area contributed by atoms with Gasteiger partial charge in [-0.2, -0.15) is 0 Å². The molecule has 0 saturated heterocycles. The van der Waals surface area contributed by atoms with Crippen LogP contribution in [-0.2, 0) is 0 Å². The van der Waals surface area contributed by atoms with Crippen molar-refractivity contribution in [2.75, 3.05) is 0 Å². The predicted molar refractivity (Wildman–Crippen MR) is 204 cm³/mol. The fourth-order valence-corrected chi connectivity index (χ4v) is 8.96. The summed E-state index contributed by atoms with van der Waals surface area (Å²) >= 11 is 0. The molecule has 0 saturated carbocycles. The standard InChI is InChI=1S/C46H26N2O/c1-2-13-27(14-3-1)47-36-22-9-7-18-34(36)42-44(47)41-33-17-6-10-23-37(33)48(45(41)43-35-19-8-11-24-39(35)49-46(42)43)38-26-25-31-29-16-5-4-15-28(29)30-20-12-21-32(38)40(30)31/h1-26H. The van der Waals surface area contributed by atoms with Crippen LogP contribution in [0.5, 0.6) is 0 Å². The van der Waals surface area contributed by atoms with E-state index in [1.807, 2.05) is 0 Å². The molecule has 0 spiro atoms. The Morgan fingerprint density at radius 2 is 0.898 bits per heavy atom. The van der Waals surface area contributed by atoms with Gasteiger partial charge in [0.2, 0.25) is 0 Å². The van der Waals surface area contributed by atoms with Gasteiger partial charge in [0.05, 0.1) is 38.5 Å². The molecule has 8 aromatic carbocycles. The van der Waals surface area contributed by atoms with Gasteiger partial charge < -0.3 is 13.6 Å². The van der Waals surface area contributed by atoms with Gasteiger partial charge in [-0.15, -0.1) is 0 Å². The first-order valence-electron chi connectivity index (χ1n) is 16.9. The van der Waals surface area contributed by atoms with Crippen molar-refractivity contribution in [1.29, 1.82) is 0 Å². The van der Waals surface area contributed by atoms with Gasteiger partial charge in [-0.3, -0.25) is 0 Å². The van der Waals surface area contributed by atoms with Crippen LogP contribution < -0.4 is 0 Å². The van der Waals surface area contributed by atoms with Gasteiger partial charge in [0, 0.05) is 32.6 Å². The number of para-hydroxylation sites is 4. The van der Waals surface area contributed by atoms with Gasteiger partial charge in [-0.05, 0) is 64.0 Å². The second-order valence-corrected chi connectivity index (χ2v) is 13.2. The summed E-state index contributed by atoms with van der Waals surface area (Å²) in [7, 11) is 0. The van der Waals surface area contributed by atoms with Crippen LogP contribution in [0.15, 0.2) is 162 Å². The van der Waals surface area contributed by atoms with E-state index in [9.17, 15) is 0 Å². The summed E-state index contributed by atoms with van der Waals surface area (Å²) in [5.41, 5.74) is 14.0. The molecule has 0 fully saturated rings. The summed E-state index contributed by atoms with van der Waals surface area (Å²) < 4.78 is 11.9. The summed E-state index contributed by atoms with van der Waals surface area (Å²) in [6.45, 7) is 0. The van der Waals surface area contributed by atoms with Gasteiger partial charge in [0.25, 0.3) is 0 Å². The Bertz CT molecular complexity index is 3180. The molecule has 0 radical (unpaired) electrons. The molecule has 49 heavy (non-hydrogen) atoms. The number of benzene rings is 8. The van der Waals surface area contributed by atoms with Gasteiger partial charge in [-0.25, -0.2) is 0 Å². The molecule has 0 N–H and O–H groups in total. The number of furan rings is 1. The molecule has 3 nitrogen and oxygen atoms in total. The van der Waals surface area contributed by atoms with Crippen LogP contribution >= 0.6 is 0 Å². The first-order valence-corrected chi connectivity index (χ1v) is 16.9. The number of nitrogens with zero attached hydrogens (tertiary/aromatic N) is 2. The van der Waals surface area contributed by atoms with Crippen LogP contribution in [0, 0.1) is 0 Å². The number of rotatable bonds is 2. The zero-order chi connectivity index (χ0) is 31.8. The van der Waals surface area contributed by atoms with Gasteiger partial charge in [-0.1, -0.05) is 121 Å². The second-order valence-electron chi connectivity index (χ2n) is 13.2. The molecule has 0 bridgehead atoms. The Labute approximate surface area is 280 Å². The van der Waals surface area contributed by atoms with Crippen LogP contribution in [0.25, 0.3) is 110 Å². The van der Waals surface area contributed by atoms with Crippen LogP contribution in [-0.4, -0.2) is 9.13 Å². The average molecular weight is 623 g/mol. The van der Waals surface area contributed by atoms with Crippen molar-refractivity contribution in [3.8, 4) is 33.6 Å². The third kappa shape index (κ3) is 3.09. The minimum absolute atomic E-state index is 0.899. The van der Waals surface area contributed by atoms with Gasteiger partial charge in [0.1, 0.15) is 11.2 Å². The first kappa shape index (κ1) is 25.5. The molecule has 0 amide bonds. The van der Waals surface area contributed by atoms with Crippen molar-refractivity contribution < 1.29 is 4.42 Å². The number of fused-ring (bicyclic) bond motifs is 15. The Kier molecular flexibility index (Phi) is 4.72. The van der Waals surface area contributed by atoms with Crippen molar-refractivity contribution in [3.63, 3.8) is 0 Å². The lowest BCUT2D eigenvalue weighted by Crippen LogP contribution is -1.97. The zero-order valence-electron chi connectivity index (χ0n) is 26.3. The SMILES string of the molecule is c1ccc(-n2c3ccccc3c3c4oc5ccccc5c4c4c(c5ccccc5n4-c4ccc5c6c(cccc46)-c4ccccc4-5)c32)cc1. The zero-order valence-corrected chi connectivity index (χ0v) is 26.3. The van der Waals surface area contributed by atoms with Crippen LogP contribution in [0.2, 0.25) is 0 Å². The molecule has 1 aliphatic rings. The molecular formula is C46H26N2O. The summed E-state index contributed by atoms with van der Waals surface area (Å²) in [4.78, 5) is 0. The maximum absolute atomic E-state index is 6.97. The van der Waals surface area contributed by atoms with Crippen molar-refractivity contribution in [2.24, 2.45) is 0 Å². The average Bonchev–Trinajstić information content (AvgIpc) is 3.90. The van der Waals surface area contributed by atoms with Crippen molar-refractivity contribution in [2.45, 2.75) is 0 Å². The molecule has 1 aliphatic carbocycles. The third-order valence-electron chi connectivity index (χ3n) is 10.8. The Hall–Kier alpha value is -6.58. The summed E-state index contributed by atoms with van der Waals surface area (Å²) in [5, 5.41) is 9.64. The topological polar surface area (TPSA) is 23.0 Å². The number of aromatic nitrogens is 2. The van der Waals surface area contributed by atoms with E-state index in [2.05, 4.69) is 167 Å². The van der Waals surface area contributed by atoms with Crippen LogP contribution in [0.3, 0.4) is 0 Å². The maximum atomic E-state index is 6.97. The van der Waals surface area contributed by atoms with E-state index >= 15 is 0 Å². The van der Waals surface area contributed by atoms with E-state index in [4.69, 9.17) is 4.42 Å². The molecule has 0 unspecified atom stereocenters. The van der Waals surface area contributed by atoms with E-state index in [1.165, 1.54) is 71.4 Å². The lowest BCUT2D eigenvalue weighted by atomic mass is 10.0. The fourth-order valence-electron chi connectivity index (χ4n) is 8.96. The molecule has 226 valence electrons. The first-order chi connectivity index (χ1) is 24.4. The lowest BCUT2D eigenvalue weighted by Gasteiger charge is -2.14. The molecule has 0 atom stereocenters. The van der Waals surface area contributed by atoms with E-state index in [-0.39, 0.29) is 0 Å². The highest BCUT2D eigenvalue weighted by Crippen LogP contribution is 2.52. The monoisotopic (exact) mass is 622 g/mol. The third-order valence-corrected chi connectivity index (χ3v) is 10.8. The number of hydrogen-bond acceptors (Lipinski definition) is 1. The Balaban J connectivity index is 1.38. The number of hydrogen-bond donors (Lipinski definition) is 0. The van der Waals surface area contributed by atoms with Gasteiger partial charge in [0.15, 0.2) is 0 Å². The Morgan fingerprint density at radius 3 is 1.69 bits per heavy atom. The highest BCUT2D eigenvalue weighted by atomic mass is 16.3. The minimum atomic E-state index is 0.899. The normalized spacial score (nSPS) is 12.5. The van der Waals surface area contributed by atoms with Gasteiger partial charge >= 0.3 is 0 Å². The van der Waals surface area contributed by atoms with Crippen LogP contribution in [0.1, 0.15) is 0 Å².